The Hall–Kier alpha value is -1.75. The highest BCUT2D eigenvalue weighted by atomic mass is 35.5. The van der Waals surface area contributed by atoms with Crippen molar-refractivity contribution in [3.63, 3.8) is 0 Å². The maximum Gasteiger partial charge on any atom is 0.242 e. The van der Waals surface area contributed by atoms with Crippen molar-refractivity contribution in [3.05, 3.63) is 68.7 Å². The molecule has 7 heteroatoms. The molecule has 1 N–H and O–H groups in total. The van der Waals surface area contributed by atoms with E-state index in [1.807, 2.05) is 18.2 Å². The summed E-state index contributed by atoms with van der Waals surface area (Å²) in [5, 5.41) is 4.53. The third-order valence-electron chi connectivity index (χ3n) is 5.76. The summed E-state index contributed by atoms with van der Waals surface area (Å²) in [6.07, 6.45) is 5.54. The molecule has 0 bridgehead atoms. The van der Waals surface area contributed by atoms with Crippen LogP contribution in [-0.4, -0.2) is 28.8 Å². The van der Waals surface area contributed by atoms with E-state index in [4.69, 9.17) is 34.8 Å². The van der Waals surface area contributed by atoms with Crippen molar-refractivity contribution in [1.29, 1.82) is 0 Å². The Morgan fingerprint density at radius 3 is 2.39 bits per heavy atom. The van der Waals surface area contributed by atoms with Crippen LogP contribution in [0.3, 0.4) is 0 Å². The summed E-state index contributed by atoms with van der Waals surface area (Å²) < 4.78 is 0. The first kappa shape index (κ1) is 23.9. The highest BCUT2D eigenvalue weighted by Gasteiger charge is 2.28. The summed E-state index contributed by atoms with van der Waals surface area (Å²) in [5.74, 6) is -0.314. The van der Waals surface area contributed by atoms with Gasteiger partial charge in [-0.05, 0) is 49.1 Å². The molecule has 1 aliphatic carbocycles. The van der Waals surface area contributed by atoms with Gasteiger partial charge in [0.1, 0.15) is 6.04 Å². The molecule has 2 aromatic carbocycles. The minimum Gasteiger partial charge on any atom is -0.352 e. The lowest BCUT2D eigenvalue weighted by molar-refractivity contribution is -0.140. The van der Waals surface area contributed by atoms with E-state index in [0.29, 0.717) is 15.1 Å². The lowest BCUT2D eigenvalue weighted by Gasteiger charge is -2.31. The molecule has 1 saturated carbocycles. The quantitative estimate of drug-likeness (QED) is 0.523. The number of amides is 2. The number of benzene rings is 2. The van der Waals surface area contributed by atoms with Crippen molar-refractivity contribution in [1.82, 2.24) is 10.2 Å². The fourth-order valence-corrected chi connectivity index (χ4v) is 4.40. The predicted molar refractivity (Wildman–Crippen MR) is 127 cm³/mol. The molecule has 31 heavy (non-hydrogen) atoms. The second-order valence-electron chi connectivity index (χ2n) is 8.06. The monoisotopic (exact) mass is 480 g/mol. The van der Waals surface area contributed by atoms with Crippen LogP contribution in [0.1, 0.15) is 50.2 Å². The SMILES string of the molecule is C[C@@H](C(=O)NC1CCCCC1)N(Cc1ccccc1Cl)C(=O)Cc1ccc(Cl)c(Cl)c1. The van der Waals surface area contributed by atoms with Crippen LogP contribution in [0.15, 0.2) is 42.5 Å². The Labute approximate surface area is 198 Å². The van der Waals surface area contributed by atoms with Crippen molar-refractivity contribution in [2.24, 2.45) is 0 Å². The fourth-order valence-electron chi connectivity index (χ4n) is 3.89. The maximum absolute atomic E-state index is 13.3. The van der Waals surface area contributed by atoms with Gasteiger partial charge >= 0.3 is 0 Å². The number of nitrogens with one attached hydrogen (secondary N) is 1. The van der Waals surface area contributed by atoms with Gasteiger partial charge in [0.05, 0.1) is 16.5 Å². The zero-order chi connectivity index (χ0) is 22.4. The molecule has 0 spiro atoms. The van der Waals surface area contributed by atoms with Crippen LogP contribution < -0.4 is 5.32 Å². The van der Waals surface area contributed by atoms with Crippen LogP contribution in [0.5, 0.6) is 0 Å². The van der Waals surface area contributed by atoms with Gasteiger partial charge in [0, 0.05) is 17.6 Å². The Balaban J connectivity index is 1.78. The van der Waals surface area contributed by atoms with Crippen molar-refractivity contribution >= 4 is 46.6 Å². The molecule has 166 valence electrons. The number of hydrogen-bond acceptors (Lipinski definition) is 2. The smallest absolute Gasteiger partial charge is 0.242 e. The number of nitrogens with zero attached hydrogens (tertiary/aromatic N) is 1. The molecule has 0 saturated heterocycles. The van der Waals surface area contributed by atoms with Gasteiger partial charge in [0.25, 0.3) is 0 Å². The Morgan fingerprint density at radius 2 is 1.71 bits per heavy atom. The summed E-state index contributed by atoms with van der Waals surface area (Å²) in [6, 6.07) is 12.0. The second-order valence-corrected chi connectivity index (χ2v) is 9.28. The van der Waals surface area contributed by atoms with Crippen molar-refractivity contribution in [3.8, 4) is 0 Å². The molecule has 1 aliphatic rings. The zero-order valence-electron chi connectivity index (χ0n) is 17.5. The zero-order valence-corrected chi connectivity index (χ0v) is 19.8. The molecule has 2 aromatic rings. The van der Waals surface area contributed by atoms with Crippen molar-refractivity contribution in [2.75, 3.05) is 0 Å². The summed E-state index contributed by atoms with van der Waals surface area (Å²) in [7, 11) is 0. The van der Waals surface area contributed by atoms with Crippen molar-refractivity contribution in [2.45, 2.75) is 64.1 Å². The minimum absolute atomic E-state index is 0.113. The van der Waals surface area contributed by atoms with E-state index in [1.54, 1.807) is 36.1 Å². The summed E-state index contributed by atoms with van der Waals surface area (Å²) in [6.45, 7) is 2.01. The van der Waals surface area contributed by atoms with Gasteiger partial charge in [0.15, 0.2) is 0 Å². The van der Waals surface area contributed by atoms with E-state index in [1.165, 1.54) is 6.42 Å². The molecule has 1 atom stereocenters. The summed E-state index contributed by atoms with van der Waals surface area (Å²) >= 11 is 18.4. The molecule has 0 unspecified atom stereocenters. The van der Waals surface area contributed by atoms with Gasteiger partial charge in [-0.2, -0.15) is 0 Å². The average Bonchev–Trinajstić information content (AvgIpc) is 2.76. The van der Waals surface area contributed by atoms with Crippen LogP contribution in [0.25, 0.3) is 0 Å². The lowest BCUT2D eigenvalue weighted by Crippen LogP contribution is -2.50. The topological polar surface area (TPSA) is 49.4 Å². The van der Waals surface area contributed by atoms with E-state index in [-0.39, 0.29) is 30.8 Å². The molecule has 1 fully saturated rings. The Kier molecular flexibility index (Phi) is 8.65. The largest absolute Gasteiger partial charge is 0.352 e. The van der Waals surface area contributed by atoms with E-state index in [9.17, 15) is 9.59 Å². The van der Waals surface area contributed by atoms with Gasteiger partial charge in [0.2, 0.25) is 11.8 Å². The Morgan fingerprint density at radius 1 is 1.00 bits per heavy atom. The van der Waals surface area contributed by atoms with Gasteiger partial charge in [-0.15, -0.1) is 0 Å². The minimum atomic E-state index is -0.631. The third kappa shape index (κ3) is 6.61. The molecular formula is C24H27Cl3N2O2. The first-order valence-electron chi connectivity index (χ1n) is 10.6. The van der Waals surface area contributed by atoms with Gasteiger partial charge in [-0.1, -0.05) is 78.3 Å². The highest BCUT2D eigenvalue weighted by Crippen LogP contribution is 2.24. The van der Waals surface area contributed by atoms with E-state index in [2.05, 4.69) is 5.32 Å². The number of carbonyl (C=O) groups is 2. The van der Waals surface area contributed by atoms with Crippen molar-refractivity contribution < 1.29 is 9.59 Å². The number of hydrogen-bond donors (Lipinski definition) is 1. The molecule has 3 rings (SSSR count). The Bertz CT molecular complexity index is 929. The molecular weight excluding hydrogens is 455 g/mol. The first-order valence-corrected chi connectivity index (χ1v) is 11.8. The molecule has 0 aliphatic heterocycles. The van der Waals surface area contributed by atoms with E-state index >= 15 is 0 Å². The average molecular weight is 482 g/mol. The highest BCUT2D eigenvalue weighted by molar-refractivity contribution is 6.42. The van der Waals surface area contributed by atoms with E-state index < -0.39 is 6.04 Å². The first-order chi connectivity index (χ1) is 14.8. The van der Waals surface area contributed by atoms with Gasteiger partial charge in [-0.3, -0.25) is 9.59 Å². The predicted octanol–water partition coefficient (Wildman–Crippen LogP) is 6.06. The summed E-state index contributed by atoms with van der Waals surface area (Å²) in [4.78, 5) is 27.9. The maximum atomic E-state index is 13.3. The van der Waals surface area contributed by atoms with Crippen LogP contribution >= 0.6 is 34.8 Å². The van der Waals surface area contributed by atoms with Crippen LogP contribution in [0.2, 0.25) is 15.1 Å². The fraction of sp³-hybridized carbons (Fsp3) is 0.417. The molecule has 0 heterocycles. The third-order valence-corrected chi connectivity index (χ3v) is 6.86. The lowest BCUT2D eigenvalue weighted by atomic mass is 9.95. The van der Waals surface area contributed by atoms with Crippen LogP contribution in [0.4, 0.5) is 0 Å². The summed E-state index contributed by atoms with van der Waals surface area (Å²) in [5.41, 5.74) is 1.53. The standard InChI is InChI=1S/C24H27Cl3N2O2/c1-16(24(31)28-19-8-3-2-4-9-19)29(15-18-7-5-6-10-20(18)25)23(30)14-17-11-12-21(26)22(27)13-17/h5-7,10-13,16,19H,2-4,8-9,14-15H2,1H3,(H,28,31)/t16-/m0/s1. The van der Waals surface area contributed by atoms with Crippen LogP contribution in [0, 0.1) is 0 Å². The second kappa shape index (κ2) is 11.2. The van der Waals surface area contributed by atoms with Gasteiger partial charge < -0.3 is 10.2 Å². The molecule has 2 amide bonds. The molecule has 0 aromatic heterocycles. The number of carbonyl (C=O) groups excluding carboxylic acids is 2. The molecule has 4 nitrogen and oxygen atoms in total. The molecule has 0 radical (unpaired) electrons. The van der Waals surface area contributed by atoms with Crippen LogP contribution in [-0.2, 0) is 22.6 Å². The normalized spacial score (nSPS) is 15.4. The number of rotatable bonds is 7. The van der Waals surface area contributed by atoms with Gasteiger partial charge in [-0.25, -0.2) is 0 Å². The number of halogens is 3. The van der Waals surface area contributed by atoms with E-state index in [0.717, 1.165) is 36.8 Å².